The Morgan fingerprint density at radius 3 is 0.976 bits per heavy atom. The van der Waals surface area contributed by atoms with Crippen LogP contribution < -0.4 is 29.6 Å². The molecule has 0 fully saturated rings. The second-order valence-electron chi connectivity index (χ2n) is 10.5. The van der Waals surface area contributed by atoms with Crippen LogP contribution in [0.15, 0.2) is 0 Å². The molecular weight excluding hydrogens is 684 g/mol. The molecule has 0 aliphatic carbocycles. The molecule has 5 nitrogen and oxygen atoms in total. The molecule has 41 heavy (non-hydrogen) atoms. The predicted molar refractivity (Wildman–Crippen MR) is 178 cm³/mol. The number of unbranched alkanes of at least 4 members (excludes halogenated alkanes) is 16. The average Bonchev–Trinajstić information content (AvgIpc) is 2.87. The van der Waals surface area contributed by atoms with Crippen LogP contribution in [0.4, 0.5) is 0 Å². The summed E-state index contributed by atoms with van der Waals surface area (Å²) in [6.45, 7) is 4.51. The van der Waals surface area contributed by atoms with Crippen molar-refractivity contribution in [3.05, 3.63) is 0 Å². The van der Waals surface area contributed by atoms with Gasteiger partial charge in [-0.2, -0.15) is 8.42 Å². The third kappa shape index (κ3) is 35.3. The van der Waals surface area contributed by atoms with E-state index in [1.165, 1.54) is 89.9 Å². The number of hydrogen-bond donors (Lipinski definition) is 2. The summed E-state index contributed by atoms with van der Waals surface area (Å²) < 4.78 is 38.0. The van der Waals surface area contributed by atoms with Gasteiger partial charge in [-0.25, -0.2) is 0 Å². The summed E-state index contributed by atoms with van der Waals surface area (Å²) in [7, 11) is -4.67. The number of rotatable bonds is 26. The Bertz CT molecular complexity index is 610. The van der Waals surface area contributed by atoms with Crippen molar-refractivity contribution in [1.29, 1.82) is 0 Å². The van der Waals surface area contributed by atoms with Crippen molar-refractivity contribution in [2.24, 2.45) is 0 Å². The Kier molecular flexibility index (Phi) is 38.0. The van der Waals surface area contributed by atoms with Crippen LogP contribution in [0.2, 0.25) is 0 Å². The van der Waals surface area contributed by atoms with E-state index in [4.69, 9.17) is 91.9 Å². The molecular formula is C28H55Cl6NaO5S. The Hall–Kier alpha value is 2.57. The van der Waals surface area contributed by atoms with Gasteiger partial charge in [0.2, 0.25) is 0 Å². The molecule has 246 valence electrons. The zero-order chi connectivity index (χ0) is 30.8. The van der Waals surface area contributed by atoms with E-state index in [1.807, 2.05) is 0 Å². The minimum absolute atomic E-state index is 0. The van der Waals surface area contributed by atoms with Crippen molar-refractivity contribution in [3.63, 3.8) is 0 Å². The fraction of sp³-hybridized carbons (Fsp3) is 1.00. The maximum absolute atomic E-state index is 8.74. The molecule has 0 heterocycles. The van der Waals surface area contributed by atoms with Crippen molar-refractivity contribution < 1.29 is 53.2 Å². The molecule has 0 aromatic rings. The van der Waals surface area contributed by atoms with Crippen LogP contribution in [0.25, 0.3) is 0 Å². The van der Waals surface area contributed by atoms with E-state index < -0.39 is 30.8 Å². The topological polar surface area (TPSA) is 83.8 Å². The molecule has 0 aliphatic heterocycles. The second-order valence-corrected chi connectivity index (χ2v) is 14.7. The molecule has 0 aromatic heterocycles. The van der Waals surface area contributed by atoms with Gasteiger partial charge in [0.15, 0.2) is 0 Å². The van der Waals surface area contributed by atoms with Crippen LogP contribution >= 0.6 is 69.6 Å². The van der Waals surface area contributed by atoms with E-state index in [-0.39, 0.29) is 43.2 Å². The number of ether oxygens (including phenoxy) is 1. The van der Waals surface area contributed by atoms with E-state index in [0.29, 0.717) is 0 Å². The molecule has 0 aliphatic rings. The third-order valence-corrected chi connectivity index (χ3v) is 9.39. The zero-order valence-corrected chi connectivity index (χ0v) is 32.8. The van der Waals surface area contributed by atoms with Crippen LogP contribution in [0.3, 0.4) is 0 Å². The average molecular weight is 740 g/mol. The number of hydrogen-bond acceptors (Lipinski definition) is 3. The fourth-order valence-corrected chi connectivity index (χ4v) is 5.49. The Morgan fingerprint density at radius 2 is 0.756 bits per heavy atom. The van der Waals surface area contributed by atoms with Crippen molar-refractivity contribution in [2.75, 3.05) is 0 Å². The monoisotopic (exact) mass is 736 g/mol. The fourth-order valence-electron chi connectivity index (χ4n) is 4.47. The Balaban J connectivity index is -0.000000943. The molecule has 0 saturated heterocycles. The molecule has 4 atom stereocenters. The predicted octanol–water partition coefficient (Wildman–Crippen LogP) is 8.87. The summed E-state index contributed by atoms with van der Waals surface area (Å²) in [5, 5.41) is -0.989. The van der Waals surface area contributed by atoms with Gasteiger partial charge in [0.1, 0.15) is 9.67 Å². The SMILES string of the molecule is CCCCCCCCCCCC(OC(CCCCCCCCCCC)C(Cl)C(Cl)Cl)C(Cl)C(Cl)Cl.O=S(=O)(O)O.[H-].[Na+]. The molecule has 0 radical (unpaired) electrons. The van der Waals surface area contributed by atoms with Crippen LogP contribution in [0.5, 0.6) is 0 Å². The zero-order valence-electron chi connectivity index (χ0n) is 26.4. The molecule has 0 saturated carbocycles. The van der Waals surface area contributed by atoms with Gasteiger partial charge < -0.3 is 6.16 Å². The maximum atomic E-state index is 8.74. The minimum atomic E-state index is -4.67. The smallest absolute Gasteiger partial charge is 1.00 e. The van der Waals surface area contributed by atoms with E-state index in [2.05, 4.69) is 13.8 Å². The molecule has 2 N–H and O–H groups in total. The molecule has 0 amide bonds. The van der Waals surface area contributed by atoms with Gasteiger partial charge in [0.25, 0.3) is 0 Å². The number of alkyl halides is 6. The van der Waals surface area contributed by atoms with E-state index in [0.717, 1.165) is 38.5 Å². The van der Waals surface area contributed by atoms with Gasteiger partial charge in [-0.1, -0.05) is 129 Å². The van der Waals surface area contributed by atoms with Crippen LogP contribution in [-0.2, 0) is 15.1 Å². The van der Waals surface area contributed by atoms with Crippen LogP contribution in [0.1, 0.15) is 144 Å². The summed E-state index contributed by atoms with van der Waals surface area (Å²) in [6.07, 6.45) is 23.9. The van der Waals surface area contributed by atoms with Gasteiger partial charge in [-0.15, -0.1) is 69.6 Å². The molecule has 0 rings (SSSR count). The Labute approximate surface area is 305 Å². The molecule has 0 bridgehead atoms. The summed E-state index contributed by atoms with van der Waals surface area (Å²) in [5.74, 6) is 0. The molecule has 13 heteroatoms. The van der Waals surface area contributed by atoms with Crippen molar-refractivity contribution in [2.45, 2.75) is 175 Å². The van der Waals surface area contributed by atoms with Gasteiger partial charge >= 0.3 is 40.0 Å². The van der Waals surface area contributed by atoms with Crippen LogP contribution in [0, 0.1) is 0 Å². The normalized spacial score (nSPS) is 14.7. The van der Waals surface area contributed by atoms with Gasteiger partial charge in [-0.05, 0) is 12.8 Å². The summed E-state index contributed by atoms with van der Waals surface area (Å²) in [4.78, 5) is -1.41. The number of halogens is 6. The largest absolute Gasteiger partial charge is 1.00 e. The Morgan fingerprint density at radius 1 is 0.537 bits per heavy atom. The van der Waals surface area contributed by atoms with Crippen molar-refractivity contribution >= 4 is 80.0 Å². The third-order valence-electron chi connectivity index (χ3n) is 6.73. The van der Waals surface area contributed by atoms with E-state index >= 15 is 0 Å². The van der Waals surface area contributed by atoms with Gasteiger partial charge in [0.05, 0.1) is 23.0 Å². The summed E-state index contributed by atoms with van der Waals surface area (Å²) in [5.41, 5.74) is 0. The molecule has 0 aromatic carbocycles. The van der Waals surface area contributed by atoms with Gasteiger partial charge in [-0.3, -0.25) is 9.11 Å². The minimum Gasteiger partial charge on any atom is -1.00 e. The first-order valence-electron chi connectivity index (χ1n) is 15.0. The van der Waals surface area contributed by atoms with E-state index in [9.17, 15) is 0 Å². The molecule has 4 unspecified atom stereocenters. The quantitative estimate of drug-likeness (QED) is 0.0401. The first-order chi connectivity index (χ1) is 18.8. The van der Waals surface area contributed by atoms with Crippen molar-refractivity contribution in [3.8, 4) is 0 Å². The maximum Gasteiger partial charge on any atom is 1.00 e. The molecule has 0 spiro atoms. The second kappa shape index (κ2) is 32.5. The standard InChI is InChI=1S/C28H52Cl6O.Na.H2O4S.H/c1-3-5-7-9-11-13-15-17-19-21-23(25(29)27(31)32)35-24(26(30)28(33)34)22-20-18-16-14-12-10-8-6-4-2;;1-5(2,3)4;/h23-28H,3-22H2,1-2H3;;(H2,1,2,3,4);/q;+1;;-1. The first kappa shape index (κ1) is 48.0. The van der Waals surface area contributed by atoms with E-state index in [1.54, 1.807) is 0 Å². The van der Waals surface area contributed by atoms with Crippen molar-refractivity contribution in [1.82, 2.24) is 0 Å². The van der Waals surface area contributed by atoms with Gasteiger partial charge in [0, 0.05) is 0 Å². The van der Waals surface area contributed by atoms with Crippen LogP contribution in [-0.4, -0.2) is 50.2 Å². The summed E-state index contributed by atoms with van der Waals surface area (Å²) in [6, 6.07) is 0. The summed E-state index contributed by atoms with van der Waals surface area (Å²) >= 11 is 37.7. The first-order valence-corrected chi connectivity index (χ1v) is 19.1.